The van der Waals surface area contributed by atoms with Crippen LogP contribution in [0.5, 0.6) is 11.8 Å². The molecule has 9 nitrogen and oxygen atoms in total. The zero-order valence-corrected chi connectivity index (χ0v) is 19.6. The number of hydrogen-bond donors (Lipinski definition) is 2. The van der Waals surface area contributed by atoms with Crippen molar-refractivity contribution in [3.63, 3.8) is 0 Å². The largest absolute Gasteiger partial charge is 0.475 e. The van der Waals surface area contributed by atoms with E-state index in [1.54, 1.807) is 38.5 Å². The molecule has 2 aromatic rings. The summed E-state index contributed by atoms with van der Waals surface area (Å²) in [5.74, 6) is -1.14. The maximum absolute atomic E-state index is 12.8. The molecule has 0 bridgehead atoms. The molecule has 0 saturated carbocycles. The van der Waals surface area contributed by atoms with Crippen molar-refractivity contribution in [2.45, 2.75) is 59.0 Å². The standard InChI is InChI=1S/C21H31N3O6S/c1-7-28-21(5,26)10-16-12-31-20(22-16)24-19(25)15-8-17(29-13(2)3)23-18(9-15)30-14(4)11-27-6/h8-9,12-14,26H,7,10-11H2,1-6H3,(H,22,24,25)/t14-,21?/m0/s1. The molecule has 2 rings (SSSR count). The average molecular weight is 454 g/mol. The highest BCUT2D eigenvalue weighted by Crippen LogP contribution is 2.24. The van der Waals surface area contributed by atoms with Gasteiger partial charge in [0.05, 0.1) is 24.0 Å². The van der Waals surface area contributed by atoms with Crippen molar-refractivity contribution < 1.29 is 28.8 Å². The Balaban J connectivity index is 2.16. The maximum Gasteiger partial charge on any atom is 0.257 e. The van der Waals surface area contributed by atoms with Crippen molar-refractivity contribution in [2.24, 2.45) is 0 Å². The van der Waals surface area contributed by atoms with Crippen molar-refractivity contribution in [1.29, 1.82) is 0 Å². The zero-order chi connectivity index (χ0) is 23.0. The van der Waals surface area contributed by atoms with Crippen LogP contribution in [-0.4, -0.2) is 59.3 Å². The fourth-order valence-electron chi connectivity index (χ4n) is 2.76. The van der Waals surface area contributed by atoms with Gasteiger partial charge in [-0.3, -0.25) is 10.1 Å². The number of hydrogen-bond acceptors (Lipinski definition) is 9. The second-order valence-corrected chi connectivity index (χ2v) is 8.32. The Morgan fingerprint density at radius 3 is 2.52 bits per heavy atom. The van der Waals surface area contributed by atoms with Crippen molar-refractivity contribution in [3.05, 3.63) is 28.8 Å². The summed E-state index contributed by atoms with van der Waals surface area (Å²) >= 11 is 1.26. The minimum atomic E-state index is -1.32. The van der Waals surface area contributed by atoms with Crippen LogP contribution in [0.25, 0.3) is 0 Å². The van der Waals surface area contributed by atoms with Crippen molar-refractivity contribution in [2.75, 3.05) is 25.6 Å². The molecule has 0 saturated heterocycles. The Hall–Kier alpha value is -2.27. The van der Waals surface area contributed by atoms with Crippen molar-refractivity contribution >= 4 is 22.4 Å². The van der Waals surface area contributed by atoms with Crippen LogP contribution >= 0.6 is 11.3 Å². The fourth-order valence-corrected chi connectivity index (χ4v) is 3.47. The van der Waals surface area contributed by atoms with Crippen LogP contribution in [-0.2, 0) is 15.9 Å². The van der Waals surface area contributed by atoms with Gasteiger partial charge in [0.1, 0.15) is 6.10 Å². The minimum Gasteiger partial charge on any atom is -0.475 e. The van der Waals surface area contributed by atoms with E-state index in [0.29, 0.717) is 29.6 Å². The Labute approximate surface area is 186 Å². The van der Waals surface area contributed by atoms with E-state index >= 15 is 0 Å². The number of methoxy groups -OCH3 is 1. The van der Waals surface area contributed by atoms with Gasteiger partial charge in [0, 0.05) is 37.7 Å². The first kappa shape index (κ1) is 25.0. The van der Waals surface area contributed by atoms with Crippen molar-refractivity contribution in [1.82, 2.24) is 9.97 Å². The highest BCUT2D eigenvalue weighted by atomic mass is 32.1. The number of carbonyl (C=O) groups excluding carboxylic acids is 1. The molecule has 1 unspecified atom stereocenters. The topological polar surface area (TPSA) is 112 Å². The predicted molar refractivity (Wildman–Crippen MR) is 118 cm³/mol. The lowest BCUT2D eigenvalue weighted by Crippen LogP contribution is -2.31. The molecule has 2 atom stereocenters. The molecular formula is C21H31N3O6S. The van der Waals surface area contributed by atoms with E-state index in [0.717, 1.165) is 0 Å². The van der Waals surface area contributed by atoms with E-state index in [1.165, 1.54) is 11.3 Å². The van der Waals surface area contributed by atoms with Gasteiger partial charge >= 0.3 is 0 Å². The van der Waals surface area contributed by atoms with Gasteiger partial charge < -0.3 is 24.1 Å². The summed E-state index contributed by atoms with van der Waals surface area (Å²) in [6.45, 7) is 9.74. The lowest BCUT2D eigenvalue weighted by atomic mass is 10.2. The Bertz CT molecular complexity index is 855. The van der Waals surface area contributed by atoms with Crippen LogP contribution in [0.2, 0.25) is 0 Å². The number of carbonyl (C=O) groups is 1. The summed E-state index contributed by atoms with van der Waals surface area (Å²) in [7, 11) is 1.58. The predicted octanol–water partition coefficient (Wildman–Crippen LogP) is 3.28. The molecule has 10 heteroatoms. The molecule has 0 aliphatic rings. The first-order valence-electron chi connectivity index (χ1n) is 10.1. The van der Waals surface area contributed by atoms with Gasteiger partial charge in [0.15, 0.2) is 10.9 Å². The van der Waals surface area contributed by atoms with Gasteiger partial charge in [-0.05, 0) is 34.6 Å². The van der Waals surface area contributed by atoms with Gasteiger partial charge in [-0.25, -0.2) is 4.98 Å². The number of amides is 1. The quantitative estimate of drug-likeness (QED) is 0.471. The molecule has 2 N–H and O–H groups in total. The zero-order valence-electron chi connectivity index (χ0n) is 18.8. The molecule has 31 heavy (non-hydrogen) atoms. The lowest BCUT2D eigenvalue weighted by molar-refractivity contribution is -0.185. The monoisotopic (exact) mass is 453 g/mol. The number of anilines is 1. The van der Waals surface area contributed by atoms with Crippen LogP contribution < -0.4 is 14.8 Å². The molecule has 172 valence electrons. The van der Waals surface area contributed by atoms with Gasteiger partial charge in [-0.1, -0.05) is 0 Å². The third-order valence-corrected chi connectivity index (χ3v) is 4.66. The summed E-state index contributed by atoms with van der Waals surface area (Å²) in [4.78, 5) is 21.5. The van der Waals surface area contributed by atoms with Crippen LogP contribution in [0, 0.1) is 0 Å². The lowest BCUT2D eigenvalue weighted by Gasteiger charge is -2.21. The molecule has 2 heterocycles. The SMILES string of the molecule is CCOC(C)(O)Cc1csc(NC(=O)c2cc(OC(C)C)nc(O[C@@H](C)COC)c2)n1. The highest BCUT2D eigenvalue weighted by molar-refractivity contribution is 7.14. The number of aromatic nitrogens is 2. The van der Waals surface area contributed by atoms with Gasteiger partial charge in [-0.15, -0.1) is 11.3 Å². The second kappa shape index (κ2) is 11.4. The third-order valence-electron chi connectivity index (χ3n) is 3.86. The Morgan fingerprint density at radius 1 is 1.23 bits per heavy atom. The van der Waals surface area contributed by atoms with Gasteiger partial charge in [0.2, 0.25) is 11.8 Å². The summed E-state index contributed by atoms with van der Waals surface area (Å²) in [6, 6.07) is 3.10. The normalized spacial score (nSPS) is 14.2. The first-order valence-corrected chi connectivity index (χ1v) is 11.0. The van der Waals surface area contributed by atoms with E-state index in [-0.39, 0.29) is 36.3 Å². The number of pyridine rings is 1. The van der Waals surface area contributed by atoms with E-state index in [2.05, 4.69) is 15.3 Å². The van der Waals surface area contributed by atoms with Gasteiger partial charge in [0.25, 0.3) is 5.91 Å². The number of nitrogens with one attached hydrogen (secondary N) is 1. The smallest absolute Gasteiger partial charge is 0.257 e. The first-order chi connectivity index (χ1) is 14.6. The second-order valence-electron chi connectivity index (χ2n) is 7.47. The number of ether oxygens (including phenoxy) is 4. The van der Waals surface area contributed by atoms with Crippen molar-refractivity contribution in [3.8, 4) is 11.8 Å². The maximum atomic E-state index is 12.8. The molecule has 2 aromatic heterocycles. The van der Waals surface area contributed by atoms with E-state index in [4.69, 9.17) is 18.9 Å². The Morgan fingerprint density at radius 2 is 1.90 bits per heavy atom. The number of nitrogens with zero attached hydrogens (tertiary/aromatic N) is 2. The fraction of sp³-hybridized carbons (Fsp3) is 0.571. The van der Waals surface area contributed by atoms with Crippen LogP contribution in [0.1, 0.15) is 50.7 Å². The summed E-state index contributed by atoms with van der Waals surface area (Å²) in [5.41, 5.74) is 0.943. The van der Waals surface area contributed by atoms with Crippen LogP contribution in [0.3, 0.4) is 0 Å². The molecule has 1 amide bonds. The molecule has 0 aliphatic carbocycles. The Kier molecular flexibility index (Phi) is 9.17. The molecule has 0 aromatic carbocycles. The molecule has 0 spiro atoms. The summed E-state index contributed by atoms with van der Waals surface area (Å²) in [6.07, 6.45) is -0.151. The molecular weight excluding hydrogens is 422 g/mol. The molecule has 0 radical (unpaired) electrons. The third kappa shape index (κ3) is 8.41. The van der Waals surface area contributed by atoms with E-state index < -0.39 is 5.79 Å². The van der Waals surface area contributed by atoms with Crippen LogP contribution in [0.4, 0.5) is 5.13 Å². The van der Waals surface area contributed by atoms with E-state index in [1.807, 2.05) is 20.8 Å². The minimum absolute atomic E-state index is 0.116. The average Bonchev–Trinajstić information content (AvgIpc) is 3.06. The number of thiazole rings is 1. The highest BCUT2D eigenvalue weighted by Gasteiger charge is 2.23. The van der Waals surface area contributed by atoms with E-state index in [9.17, 15) is 9.90 Å². The number of rotatable bonds is 12. The van der Waals surface area contributed by atoms with Crippen LogP contribution in [0.15, 0.2) is 17.5 Å². The van der Waals surface area contributed by atoms with Gasteiger partial charge in [-0.2, -0.15) is 4.98 Å². The number of aliphatic hydroxyl groups is 1. The molecule has 0 fully saturated rings. The molecule has 0 aliphatic heterocycles. The summed E-state index contributed by atoms with van der Waals surface area (Å²) < 4.78 is 21.8. The summed E-state index contributed by atoms with van der Waals surface area (Å²) in [5, 5.41) is 15.1.